The molecule has 1 aliphatic heterocycles. The minimum atomic E-state index is 0.596. The maximum Gasteiger partial charge on any atom is 0.214 e. The first kappa shape index (κ1) is 19.5. The molecule has 6 nitrogen and oxygen atoms in total. The Hall–Kier alpha value is -1.80. The third kappa shape index (κ3) is 4.60. The summed E-state index contributed by atoms with van der Waals surface area (Å²) in [6, 6.07) is 15.8. The molecular weight excluding hydrogens is 415 g/mol. The van der Waals surface area contributed by atoms with Gasteiger partial charge >= 0.3 is 0 Å². The number of hydrogen-bond acceptors (Lipinski definition) is 6. The standard InChI is InChI=1S/C19H20Cl2N6S/c20-17-7-6-16(14-18(17)21)26-10-8-25(9-11-26)12-13-28-19-22-23-24-27(19)15-4-2-1-3-5-15/h1-7,14H,8-13H2. The predicted octanol–water partition coefficient (Wildman–Crippen LogP) is 3.88. The zero-order chi connectivity index (χ0) is 19.3. The van der Waals surface area contributed by atoms with Crippen LogP contribution in [-0.4, -0.2) is 63.6 Å². The first-order valence-electron chi connectivity index (χ1n) is 9.10. The van der Waals surface area contributed by atoms with E-state index < -0.39 is 0 Å². The topological polar surface area (TPSA) is 50.1 Å². The number of anilines is 1. The van der Waals surface area contributed by atoms with Gasteiger partial charge in [-0.05, 0) is 40.8 Å². The molecule has 2 aromatic carbocycles. The van der Waals surface area contributed by atoms with Crippen molar-refractivity contribution in [3.05, 3.63) is 58.6 Å². The van der Waals surface area contributed by atoms with Gasteiger partial charge in [-0.1, -0.05) is 53.2 Å². The van der Waals surface area contributed by atoms with Crippen LogP contribution in [0.5, 0.6) is 0 Å². The van der Waals surface area contributed by atoms with Crippen LogP contribution in [0.25, 0.3) is 5.69 Å². The second-order valence-corrected chi connectivity index (χ2v) is 8.36. The average Bonchev–Trinajstić information content (AvgIpc) is 3.20. The van der Waals surface area contributed by atoms with E-state index in [1.807, 2.05) is 48.5 Å². The lowest BCUT2D eigenvalue weighted by Gasteiger charge is -2.36. The molecule has 3 aromatic rings. The number of para-hydroxylation sites is 1. The number of aromatic nitrogens is 4. The molecule has 1 aromatic heterocycles. The van der Waals surface area contributed by atoms with E-state index in [0.29, 0.717) is 10.0 Å². The van der Waals surface area contributed by atoms with Crippen LogP contribution in [0.4, 0.5) is 5.69 Å². The Morgan fingerprint density at radius 1 is 0.893 bits per heavy atom. The van der Waals surface area contributed by atoms with Crippen molar-refractivity contribution in [1.29, 1.82) is 0 Å². The van der Waals surface area contributed by atoms with E-state index in [0.717, 1.165) is 55.0 Å². The van der Waals surface area contributed by atoms with Crippen molar-refractivity contribution in [2.24, 2.45) is 0 Å². The van der Waals surface area contributed by atoms with Crippen molar-refractivity contribution >= 4 is 40.7 Å². The summed E-state index contributed by atoms with van der Waals surface area (Å²) >= 11 is 13.8. The molecule has 1 fully saturated rings. The molecule has 0 spiro atoms. The lowest BCUT2D eigenvalue weighted by molar-refractivity contribution is 0.273. The number of benzene rings is 2. The van der Waals surface area contributed by atoms with E-state index in [4.69, 9.17) is 23.2 Å². The van der Waals surface area contributed by atoms with Gasteiger partial charge in [-0.2, -0.15) is 4.68 Å². The highest BCUT2D eigenvalue weighted by molar-refractivity contribution is 7.99. The summed E-state index contributed by atoms with van der Waals surface area (Å²) in [5.74, 6) is 0.944. The van der Waals surface area contributed by atoms with Gasteiger partial charge in [0.1, 0.15) is 0 Å². The molecular formula is C19H20Cl2N6S. The molecule has 4 rings (SSSR count). The molecule has 9 heteroatoms. The van der Waals surface area contributed by atoms with Gasteiger partial charge in [0.05, 0.1) is 15.7 Å². The lowest BCUT2D eigenvalue weighted by Crippen LogP contribution is -2.47. The summed E-state index contributed by atoms with van der Waals surface area (Å²) < 4.78 is 1.78. The predicted molar refractivity (Wildman–Crippen MR) is 115 cm³/mol. The molecule has 0 amide bonds. The second-order valence-electron chi connectivity index (χ2n) is 6.48. The van der Waals surface area contributed by atoms with Gasteiger partial charge in [0, 0.05) is 44.2 Å². The van der Waals surface area contributed by atoms with Gasteiger partial charge in [0.25, 0.3) is 0 Å². The SMILES string of the molecule is Clc1ccc(N2CCN(CCSc3nnnn3-c3ccccc3)CC2)cc1Cl. The molecule has 0 bridgehead atoms. The van der Waals surface area contributed by atoms with E-state index in [1.54, 1.807) is 16.4 Å². The summed E-state index contributed by atoms with van der Waals surface area (Å²) in [6.07, 6.45) is 0. The summed E-state index contributed by atoms with van der Waals surface area (Å²) in [5.41, 5.74) is 2.11. The second kappa shape index (κ2) is 9.13. The number of rotatable bonds is 6. The lowest BCUT2D eigenvalue weighted by atomic mass is 10.2. The summed E-state index contributed by atoms with van der Waals surface area (Å²) in [7, 11) is 0. The molecule has 146 valence electrons. The first-order valence-corrected chi connectivity index (χ1v) is 10.8. The smallest absolute Gasteiger partial charge is 0.214 e. The van der Waals surface area contributed by atoms with Gasteiger partial charge in [-0.15, -0.1) is 5.10 Å². The molecule has 0 unspecified atom stereocenters. The molecule has 28 heavy (non-hydrogen) atoms. The summed E-state index contributed by atoms with van der Waals surface area (Å²) in [5, 5.41) is 14.1. The van der Waals surface area contributed by atoms with Gasteiger partial charge in [0.15, 0.2) is 0 Å². The van der Waals surface area contributed by atoms with Crippen molar-refractivity contribution in [3.8, 4) is 5.69 Å². The van der Waals surface area contributed by atoms with Crippen LogP contribution in [0.2, 0.25) is 10.0 Å². The quantitative estimate of drug-likeness (QED) is 0.548. The zero-order valence-corrected chi connectivity index (χ0v) is 17.5. The van der Waals surface area contributed by atoms with Gasteiger partial charge in [0.2, 0.25) is 5.16 Å². The van der Waals surface area contributed by atoms with Crippen LogP contribution in [-0.2, 0) is 0 Å². The van der Waals surface area contributed by atoms with Crippen LogP contribution in [0, 0.1) is 0 Å². The number of halogens is 2. The monoisotopic (exact) mass is 434 g/mol. The van der Waals surface area contributed by atoms with Crippen LogP contribution in [0.1, 0.15) is 0 Å². The Labute approximate surface area is 178 Å². The van der Waals surface area contributed by atoms with Crippen molar-refractivity contribution in [2.45, 2.75) is 5.16 Å². The van der Waals surface area contributed by atoms with Gasteiger partial charge in [-0.25, -0.2) is 0 Å². The van der Waals surface area contributed by atoms with E-state index >= 15 is 0 Å². The fourth-order valence-corrected chi connectivity index (χ4v) is 4.36. The van der Waals surface area contributed by atoms with Crippen molar-refractivity contribution in [2.75, 3.05) is 43.4 Å². The maximum atomic E-state index is 6.15. The van der Waals surface area contributed by atoms with Crippen LogP contribution >= 0.6 is 35.0 Å². The highest BCUT2D eigenvalue weighted by atomic mass is 35.5. The van der Waals surface area contributed by atoms with Crippen LogP contribution in [0.3, 0.4) is 0 Å². The molecule has 0 atom stereocenters. The zero-order valence-electron chi connectivity index (χ0n) is 15.2. The van der Waals surface area contributed by atoms with Gasteiger partial charge < -0.3 is 4.90 Å². The third-order valence-corrected chi connectivity index (χ3v) is 6.36. The number of tetrazole rings is 1. The number of piperazine rings is 1. The Morgan fingerprint density at radius 3 is 2.43 bits per heavy atom. The van der Waals surface area contributed by atoms with Gasteiger partial charge in [-0.3, -0.25) is 4.90 Å². The van der Waals surface area contributed by atoms with Crippen molar-refractivity contribution in [3.63, 3.8) is 0 Å². The van der Waals surface area contributed by atoms with E-state index in [2.05, 4.69) is 25.3 Å². The van der Waals surface area contributed by atoms with E-state index in [-0.39, 0.29) is 0 Å². The van der Waals surface area contributed by atoms with Crippen molar-refractivity contribution in [1.82, 2.24) is 25.1 Å². The highest BCUT2D eigenvalue weighted by Crippen LogP contribution is 2.28. The van der Waals surface area contributed by atoms with E-state index in [1.165, 1.54) is 0 Å². The number of nitrogens with zero attached hydrogens (tertiary/aromatic N) is 6. The fraction of sp³-hybridized carbons (Fsp3) is 0.316. The Balaban J connectivity index is 1.26. The minimum absolute atomic E-state index is 0.596. The molecule has 0 N–H and O–H groups in total. The van der Waals surface area contributed by atoms with E-state index in [9.17, 15) is 0 Å². The minimum Gasteiger partial charge on any atom is -0.369 e. The number of hydrogen-bond donors (Lipinski definition) is 0. The fourth-order valence-electron chi connectivity index (χ4n) is 3.18. The molecule has 1 aliphatic rings. The highest BCUT2D eigenvalue weighted by Gasteiger charge is 2.18. The van der Waals surface area contributed by atoms with Crippen molar-refractivity contribution < 1.29 is 0 Å². The Kier molecular flexibility index (Phi) is 6.36. The molecule has 2 heterocycles. The maximum absolute atomic E-state index is 6.15. The molecule has 1 saturated heterocycles. The summed E-state index contributed by atoms with van der Waals surface area (Å²) in [4.78, 5) is 4.82. The third-order valence-electron chi connectivity index (χ3n) is 4.72. The van der Waals surface area contributed by atoms with Crippen LogP contribution < -0.4 is 4.90 Å². The average molecular weight is 435 g/mol. The molecule has 0 radical (unpaired) electrons. The number of thioether (sulfide) groups is 1. The summed E-state index contributed by atoms with van der Waals surface area (Å²) in [6.45, 7) is 4.99. The molecule has 0 saturated carbocycles. The largest absolute Gasteiger partial charge is 0.369 e. The first-order chi connectivity index (χ1) is 13.7. The Bertz CT molecular complexity index is 912. The normalized spacial score (nSPS) is 15.1. The molecule has 0 aliphatic carbocycles. The van der Waals surface area contributed by atoms with Crippen LogP contribution in [0.15, 0.2) is 53.7 Å². The Morgan fingerprint density at radius 2 is 1.68 bits per heavy atom.